The number of hydrogen-bond donors (Lipinski definition) is 2. The van der Waals surface area contributed by atoms with Gasteiger partial charge in [0.15, 0.2) is 0 Å². The van der Waals surface area contributed by atoms with Gasteiger partial charge in [0.1, 0.15) is 5.75 Å². The zero-order chi connectivity index (χ0) is 15.5. The van der Waals surface area contributed by atoms with Crippen LogP contribution in [0, 0.1) is 5.92 Å². The van der Waals surface area contributed by atoms with Crippen molar-refractivity contribution in [2.45, 2.75) is 37.1 Å². The molecule has 2 atom stereocenters. The zero-order valence-electron chi connectivity index (χ0n) is 11.9. The van der Waals surface area contributed by atoms with Crippen LogP contribution < -0.4 is 15.2 Å². The normalized spacial score (nSPS) is 22.1. The van der Waals surface area contributed by atoms with Crippen LogP contribution in [-0.2, 0) is 14.8 Å². The predicted molar refractivity (Wildman–Crippen MR) is 78.3 cm³/mol. The molecule has 1 fully saturated rings. The summed E-state index contributed by atoms with van der Waals surface area (Å²) in [6.07, 6.45) is 2.06. The monoisotopic (exact) mass is 312 g/mol. The molecule has 116 valence electrons. The van der Waals surface area contributed by atoms with Crippen LogP contribution in [0.1, 0.15) is 26.2 Å². The Bertz CT molecular complexity index is 598. The topological polar surface area (TPSA) is 98.5 Å². The average Bonchev–Trinajstić information content (AvgIpc) is 2.87. The van der Waals surface area contributed by atoms with Crippen LogP contribution in [0.15, 0.2) is 29.2 Å². The second-order valence-electron chi connectivity index (χ2n) is 5.07. The second-order valence-corrected chi connectivity index (χ2v) is 6.79. The molecule has 1 amide bonds. The maximum atomic E-state index is 12.3. The highest BCUT2D eigenvalue weighted by atomic mass is 32.2. The number of primary amides is 1. The van der Waals surface area contributed by atoms with E-state index in [1.54, 1.807) is 12.1 Å². The van der Waals surface area contributed by atoms with Crippen LogP contribution in [0.5, 0.6) is 5.75 Å². The van der Waals surface area contributed by atoms with Gasteiger partial charge in [-0.2, -0.15) is 0 Å². The van der Waals surface area contributed by atoms with Crippen LogP contribution in [0.4, 0.5) is 0 Å². The third-order valence-electron chi connectivity index (χ3n) is 3.63. The number of nitrogens with two attached hydrogens (primary N) is 1. The SMILES string of the molecule is CCOc1ccc(S(=O)(=O)N[C@H]2CCC[C@H]2C(N)=O)cc1. The van der Waals surface area contributed by atoms with Crippen LogP contribution in [0.25, 0.3) is 0 Å². The van der Waals surface area contributed by atoms with Gasteiger partial charge in [-0.3, -0.25) is 4.79 Å². The van der Waals surface area contributed by atoms with Crippen molar-refractivity contribution in [3.05, 3.63) is 24.3 Å². The largest absolute Gasteiger partial charge is 0.494 e. The Labute approximate surface area is 124 Å². The lowest BCUT2D eigenvalue weighted by atomic mass is 10.0. The molecule has 0 saturated heterocycles. The maximum Gasteiger partial charge on any atom is 0.240 e. The number of ether oxygens (including phenoxy) is 1. The van der Waals surface area contributed by atoms with E-state index in [1.807, 2.05) is 6.92 Å². The number of nitrogens with one attached hydrogen (secondary N) is 1. The lowest BCUT2D eigenvalue weighted by Gasteiger charge is -2.18. The molecule has 0 radical (unpaired) electrons. The fourth-order valence-corrected chi connectivity index (χ4v) is 3.90. The van der Waals surface area contributed by atoms with E-state index in [0.29, 0.717) is 25.2 Å². The summed E-state index contributed by atoms with van der Waals surface area (Å²) < 4.78 is 32.5. The van der Waals surface area contributed by atoms with E-state index >= 15 is 0 Å². The third-order valence-corrected chi connectivity index (χ3v) is 5.14. The summed E-state index contributed by atoms with van der Waals surface area (Å²) in [7, 11) is -3.66. The summed E-state index contributed by atoms with van der Waals surface area (Å²) in [5.41, 5.74) is 5.31. The van der Waals surface area contributed by atoms with Crippen LogP contribution >= 0.6 is 0 Å². The number of carbonyl (C=O) groups is 1. The molecular formula is C14H20N2O4S. The van der Waals surface area contributed by atoms with Crippen LogP contribution in [0.3, 0.4) is 0 Å². The summed E-state index contributed by atoms with van der Waals surface area (Å²) in [6.45, 7) is 2.38. The van der Waals surface area contributed by atoms with Gasteiger partial charge in [0.05, 0.1) is 17.4 Å². The molecule has 3 N–H and O–H groups in total. The van der Waals surface area contributed by atoms with Gasteiger partial charge in [0.25, 0.3) is 0 Å². The molecule has 0 aromatic heterocycles. The first-order valence-electron chi connectivity index (χ1n) is 6.98. The first kappa shape index (κ1) is 15.8. The molecule has 0 heterocycles. The molecule has 1 aliphatic rings. The summed E-state index contributed by atoms with van der Waals surface area (Å²) in [5, 5.41) is 0. The molecule has 7 heteroatoms. The van der Waals surface area contributed by atoms with E-state index in [-0.39, 0.29) is 4.90 Å². The van der Waals surface area contributed by atoms with Gasteiger partial charge in [0, 0.05) is 6.04 Å². The van der Waals surface area contributed by atoms with Crippen molar-refractivity contribution in [3.8, 4) is 5.75 Å². The van der Waals surface area contributed by atoms with Crippen molar-refractivity contribution in [2.75, 3.05) is 6.61 Å². The summed E-state index contributed by atoms with van der Waals surface area (Å²) in [5.74, 6) is -0.262. The number of rotatable bonds is 6. The Morgan fingerprint density at radius 3 is 2.57 bits per heavy atom. The van der Waals surface area contributed by atoms with E-state index in [1.165, 1.54) is 12.1 Å². The minimum Gasteiger partial charge on any atom is -0.494 e. The van der Waals surface area contributed by atoms with E-state index in [0.717, 1.165) is 6.42 Å². The van der Waals surface area contributed by atoms with Crippen LogP contribution in [0.2, 0.25) is 0 Å². The van der Waals surface area contributed by atoms with Crippen molar-refractivity contribution < 1.29 is 17.9 Å². The molecule has 0 aliphatic heterocycles. The smallest absolute Gasteiger partial charge is 0.240 e. The van der Waals surface area contributed by atoms with E-state index in [9.17, 15) is 13.2 Å². The van der Waals surface area contributed by atoms with E-state index < -0.39 is 27.9 Å². The number of amides is 1. The molecule has 6 nitrogen and oxygen atoms in total. The Morgan fingerprint density at radius 1 is 1.33 bits per heavy atom. The van der Waals surface area contributed by atoms with Gasteiger partial charge in [-0.05, 0) is 44.0 Å². The third kappa shape index (κ3) is 3.74. The lowest BCUT2D eigenvalue weighted by Crippen LogP contribution is -2.42. The minimum absolute atomic E-state index is 0.154. The number of sulfonamides is 1. The van der Waals surface area contributed by atoms with Gasteiger partial charge < -0.3 is 10.5 Å². The Balaban J connectivity index is 2.12. The molecule has 0 spiro atoms. The fraction of sp³-hybridized carbons (Fsp3) is 0.500. The van der Waals surface area contributed by atoms with Crippen molar-refractivity contribution >= 4 is 15.9 Å². The van der Waals surface area contributed by atoms with Gasteiger partial charge in [-0.15, -0.1) is 0 Å². The van der Waals surface area contributed by atoms with Crippen molar-refractivity contribution in [3.63, 3.8) is 0 Å². The summed E-state index contributed by atoms with van der Waals surface area (Å²) in [6, 6.07) is 5.78. The first-order valence-corrected chi connectivity index (χ1v) is 8.47. The summed E-state index contributed by atoms with van der Waals surface area (Å²) in [4.78, 5) is 11.5. The van der Waals surface area contributed by atoms with Gasteiger partial charge in [0.2, 0.25) is 15.9 Å². The fourth-order valence-electron chi connectivity index (χ4n) is 2.59. The molecular weight excluding hydrogens is 292 g/mol. The molecule has 1 aliphatic carbocycles. The molecule has 1 aromatic carbocycles. The van der Waals surface area contributed by atoms with Crippen molar-refractivity contribution in [1.29, 1.82) is 0 Å². The Hall–Kier alpha value is -1.60. The lowest BCUT2D eigenvalue weighted by molar-refractivity contribution is -0.122. The zero-order valence-corrected chi connectivity index (χ0v) is 12.7. The molecule has 2 rings (SSSR count). The minimum atomic E-state index is -3.66. The number of hydrogen-bond acceptors (Lipinski definition) is 4. The number of benzene rings is 1. The highest BCUT2D eigenvalue weighted by Gasteiger charge is 2.34. The standard InChI is InChI=1S/C14H20N2O4S/c1-2-20-10-6-8-11(9-7-10)21(18,19)16-13-5-3-4-12(13)14(15)17/h6-9,12-13,16H,2-5H2,1H3,(H2,15,17)/t12-,13+/m1/s1. The Kier molecular flexibility index (Phi) is 4.84. The molecule has 21 heavy (non-hydrogen) atoms. The quantitative estimate of drug-likeness (QED) is 0.819. The van der Waals surface area contributed by atoms with Gasteiger partial charge in [-0.25, -0.2) is 13.1 Å². The second kappa shape index (κ2) is 6.44. The molecule has 0 unspecified atom stereocenters. The van der Waals surface area contributed by atoms with Gasteiger partial charge in [-0.1, -0.05) is 6.42 Å². The highest BCUT2D eigenvalue weighted by molar-refractivity contribution is 7.89. The highest BCUT2D eigenvalue weighted by Crippen LogP contribution is 2.27. The first-order chi connectivity index (χ1) is 9.94. The van der Waals surface area contributed by atoms with E-state index in [4.69, 9.17) is 10.5 Å². The van der Waals surface area contributed by atoms with Crippen LogP contribution in [-0.4, -0.2) is 27.0 Å². The van der Waals surface area contributed by atoms with Crippen molar-refractivity contribution in [2.24, 2.45) is 11.7 Å². The molecule has 0 bridgehead atoms. The van der Waals surface area contributed by atoms with Gasteiger partial charge >= 0.3 is 0 Å². The van der Waals surface area contributed by atoms with Crippen molar-refractivity contribution in [1.82, 2.24) is 4.72 Å². The maximum absolute atomic E-state index is 12.3. The Morgan fingerprint density at radius 2 is 2.00 bits per heavy atom. The molecule has 1 saturated carbocycles. The average molecular weight is 312 g/mol. The number of carbonyl (C=O) groups excluding carboxylic acids is 1. The predicted octanol–water partition coefficient (Wildman–Crippen LogP) is 1.02. The summed E-state index contributed by atoms with van der Waals surface area (Å²) >= 11 is 0. The molecule has 1 aromatic rings. The van der Waals surface area contributed by atoms with E-state index in [2.05, 4.69) is 4.72 Å².